The summed E-state index contributed by atoms with van der Waals surface area (Å²) in [5, 5.41) is 3.38. The summed E-state index contributed by atoms with van der Waals surface area (Å²) < 4.78 is 0. The number of fused-ring (bicyclic) bond motifs is 5. The first kappa shape index (κ1) is 20.6. The molecule has 4 aliphatic rings. The highest BCUT2D eigenvalue weighted by atomic mass is 16.1. The van der Waals surface area contributed by atoms with Gasteiger partial charge in [-0.05, 0) is 96.0 Å². The molecule has 7 atom stereocenters. The Morgan fingerprint density at radius 1 is 0.900 bits per heavy atom. The van der Waals surface area contributed by atoms with Crippen molar-refractivity contribution in [3.05, 3.63) is 35.4 Å². The number of carbonyl (C=O) groups is 1. The molecule has 5 rings (SSSR count). The van der Waals surface area contributed by atoms with Crippen molar-refractivity contribution in [1.82, 2.24) is 5.32 Å². The third-order valence-electron chi connectivity index (χ3n) is 10.2. The number of hydrogen-bond donors (Lipinski definition) is 1. The fraction of sp³-hybridized carbons (Fsp3) is 0.750. The molecule has 2 heteroatoms. The van der Waals surface area contributed by atoms with Crippen LogP contribution in [0, 0.1) is 28.6 Å². The SMILES string of the molecule is CC(C)(C)c1ccccc1C1CC[C@H]2[C@@H]3CCC4NC(=O)CC[C@]4(C)[C@@H]3CC[C@]12C. The van der Waals surface area contributed by atoms with E-state index >= 15 is 0 Å². The molecule has 0 spiro atoms. The molecule has 1 heterocycles. The predicted molar refractivity (Wildman–Crippen MR) is 123 cm³/mol. The molecule has 1 aromatic rings. The second kappa shape index (κ2) is 6.84. The lowest BCUT2D eigenvalue weighted by Crippen LogP contribution is -2.60. The van der Waals surface area contributed by atoms with E-state index in [1.165, 1.54) is 38.5 Å². The van der Waals surface area contributed by atoms with E-state index in [9.17, 15) is 4.79 Å². The van der Waals surface area contributed by atoms with Crippen molar-refractivity contribution in [3.8, 4) is 0 Å². The first-order valence-corrected chi connectivity index (χ1v) is 12.5. The first-order valence-electron chi connectivity index (χ1n) is 12.5. The maximum absolute atomic E-state index is 12.1. The normalized spacial score (nSPS) is 43.4. The second-order valence-corrected chi connectivity index (χ2v) is 12.6. The zero-order chi connectivity index (χ0) is 21.3. The molecule has 1 amide bonds. The van der Waals surface area contributed by atoms with Crippen LogP contribution in [0.25, 0.3) is 0 Å². The van der Waals surface area contributed by atoms with E-state index < -0.39 is 0 Å². The van der Waals surface area contributed by atoms with Crippen molar-refractivity contribution in [2.24, 2.45) is 28.6 Å². The molecular formula is C28H41NO. The lowest BCUT2D eigenvalue weighted by molar-refractivity contribution is -0.136. The monoisotopic (exact) mass is 407 g/mol. The number of rotatable bonds is 1. The van der Waals surface area contributed by atoms with E-state index in [0.717, 1.165) is 30.6 Å². The van der Waals surface area contributed by atoms with Gasteiger partial charge in [0.15, 0.2) is 0 Å². The predicted octanol–water partition coefficient (Wildman–Crippen LogP) is 6.59. The van der Waals surface area contributed by atoms with E-state index in [1.54, 1.807) is 11.1 Å². The minimum Gasteiger partial charge on any atom is -0.353 e. The first-order chi connectivity index (χ1) is 14.1. The van der Waals surface area contributed by atoms with Gasteiger partial charge >= 0.3 is 0 Å². The fourth-order valence-corrected chi connectivity index (χ4v) is 8.70. The van der Waals surface area contributed by atoms with Gasteiger partial charge < -0.3 is 5.32 Å². The third-order valence-corrected chi connectivity index (χ3v) is 10.2. The zero-order valence-electron chi connectivity index (χ0n) is 19.8. The van der Waals surface area contributed by atoms with Crippen molar-refractivity contribution in [2.75, 3.05) is 0 Å². The molecule has 0 aromatic heterocycles. The molecule has 3 aliphatic carbocycles. The van der Waals surface area contributed by atoms with Gasteiger partial charge in [-0.25, -0.2) is 0 Å². The summed E-state index contributed by atoms with van der Waals surface area (Å²) in [5.74, 6) is 3.50. The number of benzene rings is 1. The van der Waals surface area contributed by atoms with Crippen molar-refractivity contribution in [3.63, 3.8) is 0 Å². The molecule has 164 valence electrons. The summed E-state index contributed by atoms with van der Waals surface area (Å²) in [6.45, 7) is 12.3. The van der Waals surface area contributed by atoms with Gasteiger partial charge in [0.2, 0.25) is 5.91 Å². The van der Waals surface area contributed by atoms with Crippen LogP contribution in [0.4, 0.5) is 0 Å². The van der Waals surface area contributed by atoms with Crippen molar-refractivity contribution < 1.29 is 4.79 Å². The maximum atomic E-state index is 12.1. The van der Waals surface area contributed by atoms with Gasteiger partial charge in [0.1, 0.15) is 0 Å². The zero-order valence-corrected chi connectivity index (χ0v) is 19.8. The minimum absolute atomic E-state index is 0.202. The standard InChI is InChI=1S/C28H41NO/c1-26(2,3)20-9-7-6-8-18(20)21-11-12-22-19-10-13-24-28(5,17-15-25(30)29-24)23(19)14-16-27(21,22)4/h6-9,19,21-24H,10-17H2,1-5H3,(H,29,30)/t19-,21?,22-,23+,24?,27+,28+/m0/s1. The lowest BCUT2D eigenvalue weighted by atomic mass is 9.46. The Morgan fingerprint density at radius 2 is 1.63 bits per heavy atom. The Hall–Kier alpha value is -1.31. The minimum atomic E-state index is 0.202. The van der Waals surface area contributed by atoms with Gasteiger partial charge in [-0.3, -0.25) is 4.79 Å². The van der Waals surface area contributed by atoms with E-state index in [0.29, 0.717) is 22.8 Å². The molecule has 2 unspecified atom stereocenters. The van der Waals surface area contributed by atoms with Crippen LogP contribution in [-0.2, 0) is 10.2 Å². The molecular weight excluding hydrogens is 366 g/mol. The molecule has 4 fully saturated rings. The summed E-state index contributed by atoms with van der Waals surface area (Å²) >= 11 is 0. The quantitative estimate of drug-likeness (QED) is 0.559. The molecule has 3 saturated carbocycles. The Bertz CT molecular complexity index is 837. The van der Waals surface area contributed by atoms with Crippen LogP contribution in [0.1, 0.15) is 103 Å². The van der Waals surface area contributed by atoms with Crippen LogP contribution in [0.2, 0.25) is 0 Å². The smallest absolute Gasteiger partial charge is 0.220 e. The molecule has 2 nitrogen and oxygen atoms in total. The summed E-state index contributed by atoms with van der Waals surface area (Å²) in [5.41, 5.74) is 4.15. The average Bonchev–Trinajstić information content (AvgIpc) is 3.05. The highest BCUT2D eigenvalue weighted by Crippen LogP contribution is 2.67. The number of nitrogens with one attached hydrogen (secondary N) is 1. The Labute approximate surface area is 183 Å². The summed E-state index contributed by atoms with van der Waals surface area (Å²) in [6, 6.07) is 9.75. The molecule has 1 saturated heterocycles. The number of carbonyl (C=O) groups excluding carboxylic acids is 1. The lowest BCUT2D eigenvalue weighted by Gasteiger charge is -2.60. The Kier molecular flexibility index (Phi) is 4.70. The highest BCUT2D eigenvalue weighted by molar-refractivity contribution is 5.77. The van der Waals surface area contributed by atoms with E-state index in [1.807, 2.05) is 0 Å². The largest absolute Gasteiger partial charge is 0.353 e. The third kappa shape index (κ3) is 2.92. The second-order valence-electron chi connectivity index (χ2n) is 12.6. The summed E-state index contributed by atoms with van der Waals surface area (Å²) in [4.78, 5) is 12.1. The topological polar surface area (TPSA) is 29.1 Å². The van der Waals surface area contributed by atoms with Gasteiger partial charge in [0.05, 0.1) is 0 Å². The Balaban J connectivity index is 1.46. The average molecular weight is 408 g/mol. The van der Waals surface area contributed by atoms with Crippen LogP contribution in [0.5, 0.6) is 0 Å². The van der Waals surface area contributed by atoms with Crippen molar-refractivity contribution in [1.29, 1.82) is 0 Å². The van der Waals surface area contributed by atoms with Gasteiger partial charge in [0.25, 0.3) is 0 Å². The van der Waals surface area contributed by atoms with Crippen LogP contribution < -0.4 is 5.32 Å². The van der Waals surface area contributed by atoms with Crippen LogP contribution in [0.3, 0.4) is 0 Å². The molecule has 0 bridgehead atoms. The van der Waals surface area contributed by atoms with E-state index in [2.05, 4.69) is 64.2 Å². The number of hydrogen-bond acceptors (Lipinski definition) is 1. The van der Waals surface area contributed by atoms with Crippen LogP contribution in [0.15, 0.2) is 24.3 Å². The molecule has 30 heavy (non-hydrogen) atoms. The molecule has 0 radical (unpaired) electrons. The van der Waals surface area contributed by atoms with Crippen LogP contribution in [-0.4, -0.2) is 11.9 Å². The maximum Gasteiger partial charge on any atom is 0.220 e. The van der Waals surface area contributed by atoms with Gasteiger partial charge in [-0.2, -0.15) is 0 Å². The Morgan fingerprint density at radius 3 is 2.40 bits per heavy atom. The van der Waals surface area contributed by atoms with Crippen molar-refractivity contribution in [2.45, 2.75) is 103 Å². The summed E-state index contributed by atoms with van der Waals surface area (Å²) in [7, 11) is 0. The van der Waals surface area contributed by atoms with E-state index in [-0.39, 0.29) is 11.3 Å². The number of amides is 1. The van der Waals surface area contributed by atoms with Gasteiger partial charge in [0, 0.05) is 12.5 Å². The highest BCUT2D eigenvalue weighted by Gasteiger charge is 2.60. The van der Waals surface area contributed by atoms with Crippen LogP contribution >= 0.6 is 0 Å². The van der Waals surface area contributed by atoms with Crippen molar-refractivity contribution >= 4 is 5.91 Å². The van der Waals surface area contributed by atoms with Gasteiger partial charge in [-0.15, -0.1) is 0 Å². The number of piperidine rings is 1. The fourth-order valence-electron chi connectivity index (χ4n) is 8.70. The molecule has 1 aromatic carbocycles. The molecule has 1 N–H and O–H groups in total. The molecule has 1 aliphatic heterocycles. The summed E-state index contributed by atoms with van der Waals surface area (Å²) in [6.07, 6.45) is 9.82. The van der Waals surface area contributed by atoms with Gasteiger partial charge in [-0.1, -0.05) is 58.9 Å². The van der Waals surface area contributed by atoms with E-state index in [4.69, 9.17) is 0 Å².